The second-order valence-electron chi connectivity index (χ2n) is 6.04. The highest BCUT2D eigenvalue weighted by atomic mass is 32.1. The molecule has 1 aromatic carbocycles. The molecule has 3 aromatic rings. The van der Waals surface area contributed by atoms with Crippen LogP contribution in [0.2, 0.25) is 0 Å². The first-order valence-electron chi connectivity index (χ1n) is 8.46. The van der Waals surface area contributed by atoms with E-state index >= 15 is 0 Å². The number of nitrogens with zero attached hydrogens (tertiary/aromatic N) is 3. The predicted molar refractivity (Wildman–Crippen MR) is 102 cm³/mol. The Bertz CT molecular complexity index is 997. The molecule has 3 heterocycles. The first kappa shape index (κ1) is 17.9. The number of benzene rings is 1. The maximum absolute atomic E-state index is 12.8. The lowest BCUT2D eigenvalue weighted by Gasteiger charge is -2.20. The van der Waals surface area contributed by atoms with Crippen LogP contribution in [0.5, 0.6) is 5.75 Å². The van der Waals surface area contributed by atoms with E-state index in [2.05, 4.69) is 5.10 Å². The van der Waals surface area contributed by atoms with E-state index in [1.165, 1.54) is 29.3 Å². The zero-order chi connectivity index (χ0) is 19.5. The second kappa shape index (κ2) is 7.65. The molecule has 0 aliphatic carbocycles. The van der Waals surface area contributed by atoms with E-state index in [4.69, 9.17) is 9.15 Å². The Morgan fingerprint density at radius 3 is 2.75 bits per heavy atom. The fourth-order valence-corrected chi connectivity index (χ4v) is 3.72. The van der Waals surface area contributed by atoms with Gasteiger partial charge in [0.05, 0.1) is 17.2 Å². The number of non-ortho nitro benzene ring substituents is 1. The molecule has 4 rings (SSSR count). The number of furan rings is 1. The van der Waals surface area contributed by atoms with Crippen molar-refractivity contribution in [1.82, 2.24) is 5.01 Å². The summed E-state index contributed by atoms with van der Waals surface area (Å²) in [5.41, 5.74) is 0.663. The van der Waals surface area contributed by atoms with Gasteiger partial charge in [0, 0.05) is 23.4 Å². The zero-order valence-electron chi connectivity index (χ0n) is 14.6. The molecule has 1 aliphatic rings. The van der Waals surface area contributed by atoms with Crippen LogP contribution in [0, 0.1) is 10.1 Å². The van der Waals surface area contributed by atoms with Crippen LogP contribution in [0.15, 0.2) is 69.7 Å². The third-order valence-corrected chi connectivity index (χ3v) is 5.23. The van der Waals surface area contributed by atoms with Crippen LogP contribution < -0.4 is 4.74 Å². The first-order valence-corrected chi connectivity index (χ1v) is 9.34. The van der Waals surface area contributed by atoms with Gasteiger partial charge in [-0.15, -0.1) is 11.3 Å². The maximum Gasteiger partial charge on any atom is 0.281 e. The number of rotatable bonds is 6. The van der Waals surface area contributed by atoms with Crippen molar-refractivity contribution in [2.24, 2.45) is 5.10 Å². The molecule has 1 atom stereocenters. The number of thiophene rings is 1. The summed E-state index contributed by atoms with van der Waals surface area (Å²) in [7, 11) is 0. The quantitative estimate of drug-likeness (QED) is 0.462. The highest BCUT2D eigenvalue weighted by Gasteiger charge is 2.34. The van der Waals surface area contributed by atoms with Crippen LogP contribution in [0.4, 0.5) is 5.69 Å². The van der Waals surface area contributed by atoms with Gasteiger partial charge < -0.3 is 9.15 Å². The zero-order valence-corrected chi connectivity index (χ0v) is 15.4. The molecule has 1 unspecified atom stereocenters. The fourth-order valence-electron chi connectivity index (χ4n) is 2.91. The number of hydrazone groups is 1. The summed E-state index contributed by atoms with van der Waals surface area (Å²) < 4.78 is 10.9. The highest BCUT2D eigenvalue weighted by molar-refractivity contribution is 7.10. The molecule has 0 bridgehead atoms. The fraction of sp³-hybridized carbons (Fsp3) is 0.158. The third kappa shape index (κ3) is 3.65. The van der Waals surface area contributed by atoms with E-state index in [0.717, 1.165) is 4.88 Å². The average molecular weight is 397 g/mol. The van der Waals surface area contributed by atoms with Gasteiger partial charge in [0.25, 0.3) is 11.6 Å². The van der Waals surface area contributed by atoms with Crippen molar-refractivity contribution in [2.75, 3.05) is 6.61 Å². The number of ether oxygens (including phenoxy) is 1. The smallest absolute Gasteiger partial charge is 0.281 e. The van der Waals surface area contributed by atoms with E-state index in [9.17, 15) is 14.9 Å². The first-order chi connectivity index (χ1) is 13.6. The van der Waals surface area contributed by atoms with Gasteiger partial charge in [0.15, 0.2) is 6.61 Å². The number of carbonyl (C=O) groups excluding carboxylic acids is 1. The lowest BCUT2D eigenvalue weighted by atomic mass is 10.1. The monoisotopic (exact) mass is 397 g/mol. The summed E-state index contributed by atoms with van der Waals surface area (Å²) in [4.78, 5) is 24.0. The van der Waals surface area contributed by atoms with E-state index in [1.807, 2.05) is 23.6 Å². The molecule has 2 aromatic heterocycles. The topological polar surface area (TPSA) is 98.2 Å². The molecular weight excluding hydrogens is 382 g/mol. The Morgan fingerprint density at radius 2 is 2.11 bits per heavy atom. The predicted octanol–water partition coefficient (Wildman–Crippen LogP) is 4.01. The van der Waals surface area contributed by atoms with Crippen molar-refractivity contribution >= 4 is 28.6 Å². The van der Waals surface area contributed by atoms with Crippen molar-refractivity contribution in [3.8, 4) is 5.75 Å². The van der Waals surface area contributed by atoms with Crippen molar-refractivity contribution in [3.63, 3.8) is 0 Å². The molecule has 28 heavy (non-hydrogen) atoms. The molecule has 0 radical (unpaired) electrons. The highest BCUT2D eigenvalue weighted by Crippen LogP contribution is 2.35. The lowest BCUT2D eigenvalue weighted by molar-refractivity contribution is -0.384. The Hall–Kier alpha value is -3.46. The number of hydrogen-bond acceptors (Lipinski definition) is 7. The molecule has 8 nitrogen and oxygen atoms in total. The summed E-state index contributed by atoms with van der Waals surface area (Å²) in [6.45, 7) is -0.228. The number of amides is 1. The Morgan fingerprint density at radius 1 is 1.29 bits per heavy atom. The van der Waals surface area contributed by atoms with Crippen molar-refractivity contribution in [1.29, 1.82) is 0 Å². The third-order valence-electron chi connectivity index (χ3n) is 4.25. The van der Waals surface area contributed by atoms with Gasteiger partial charge in [0.1, 0.15) is 17.2 Å². The molecular formula is C19H15N3O5S. The molecule has 0 saturated heterocycles. The van der Waals surface area contributed by atoms with E-state index in [-0.39, 0.29) is 24.2 Å². The molecule has 0 saturated carbocycles. The summed E-state index contributed by atoms with van der Waals surface area (Å²) in [6.07, 6.45) is 2.12. The van der Waals surface area contributed by atoms with Crippen LogP contribution in [-0.2, 0) is 4.79 Å². The summed E-state index contributed by atoms with van der Waals surface area (Å²) >= 11 is 1.56. The molecule has 9 heteroatoms. The molecule has 0 spiro atoms. The number of hydrogen-bond donors (Lipinski definition) is 0. The van der Waals surface area contributed by atoms with Gasteiger partial charge in [-0.2, -0.15) is 5.10 Å². The van der Waals surface area contributed by atoms with Gasteiger partial charge in [0.2, 0.25) is 0 Å². The Balaban J connectivity index is 1.49. The molecule has 1 amide bonds. The standard InChI is InChI=1S/C19H15N3O5S/c23-19(12-27-14-7-5-13(6-8-14)22(24)25)21-16(18-4-2-10-28-18)11-15(20-21)17-3-1-9-26-17/h1-10,16H,11-12H2. The van der Waals surface area contributed by atoms with Gasteiger partial charge in [-0.25, -0.2) is 5.01 Å². The molecule has 1 aliphatic heterocycles. The van der Waals surface area contributed by atoms with Crippen LogP contribution in [0.1, 0.15) is 23.1 Å². The normalized spacial score (nSPS) is 16.1. The van der Waals surface area contributed by atoms with Crippen LogP contribution in [-0.4, -0.2) is 28.2 Å². The van der Waals surface area contributed by atoms with Crippen molar-refractivity contribution < 1.29 is 18.9 Å². The minimum atomic E-state index is -0.490. The minimum Gasteiger partial charge on any atom is -0.484 e. The molecule has 0 fully saturated rings. The Kier molecular flexibility index (Phi) is 4.90. The van der Waals surface area contributed by atoms with Crippen LogP contribution in [0.25, 0.3) is 0 Å². The maximum atomic E-state index is 12.8. The minimum absolute atomic E-state index is 0.0383. The summed E-state index contributed by atoms with van der Waals surface area (Å²) in [5.74, 6) is 0.701. The van der Waals surface area contributed by atoms with E-state index in [0.29, 0.717) is 23.6 Å². The van der Waals surface area contributed by atoms with Crippen LogP contribution in [0.3, 0.4) is 0 Å². The SMILES string of the molecule is O=C(COc1ccc([N+](=O)[O-])cc1)N1N=C(c2ccco2)CC1c1cccs1. The Labute approximate surface area is 163 Å². The average Bonchev–Trinajstić information content (AvgIpc) is 3.46. The van der Waals surface area contributed by atoms with Gasteiger partial charge in [-0.1, -0.05) is 6.07 Å². The van der Waals surface area contributed by atoms with E-state index < -0.39 is 4.92 Å². The van der Waals surface area contributed by atoms with E-state index in [1.54, 1.807) is 23.7 Å². The largest absolute Gasteiger partial charge is 0.484 e. The molecule has 142 valence electrons. The number of carbonyl (C=O) groups is 1. The summed E-state index contributed by atoms with van der Waals surface area (Å²) in [6, 6.07) is 12.9. The number of nitro groups is 1. The van der Waals surface area contributed by atoms with Crippen LogP contribution >= 0.6 is 11.3 Å². The second-order valence-corrected chi connectivity index (χ2v) is 7.02. The van der Waals surface area contributed by atoms with Crippen molar-refractivity contribution in [2.45, 2.75) is 12.5 Å². The lowest BCUT2D eigenvalue weighted by Crippen LogP contribution is -2.31. The van der Waals surface area contributed by atoms with Gasteiger partial charge >= 0.3 is 0 Å². The van der Waals surface area contributed by atoms with Gasteiger partial charge in [-0.05, 0) is 35.7 Å². The summed E-state index contributed by atoms with van der Waals surface area (Å²) in [5, 5.41) is 18.6. The van der Waals surface area contributed by atoms with Gasteiger partial charge in [-0.3, -0.25) is 14.9 Å². The molecule has 0 N–H and O–H groups in total. The number of nitro benzene ring substituents is 1. The van der Waals surface area contributed by atoms with Crippen molar-refractivity contribution in [3.05, 3.63) is 80.9 Å².